The lowest BCUT2D eigenvalue weighted by Gasteiger charge is -2.51. The summed E-state index contributed by atoms with van der Waals surface area (Å²) in [6.45, 7) is 12.4. The number of nitro benzene ring substituents is 1. The first-order valence-corrected chi connectivity index (χ1v) is 27.2. The zero-order valence-electron chi connectivity index (χ0n) is 45.1. The minimum atomic E-state index is -4.98. The number of carboxylic acids is 1. The summed E-state index contributed by atoms with van der Waals surface area (Å²) in [7, 11) is -4.33. The summed E-state index contributed by atoms with van der Waals surface area (Å²) in [6, 6.07) is 12.0. The lowest BCUT2D eigenvalue weighted by atomic mass is 9.81. The predicted octanol–water partition coefficient (Wildman–Crippen LogP) is 5.89. The molecule has 0 radical (unpaired) electrons. The SMILES string of the molecule is CCOc1ncccc1-c1cc(N2C(OCC)CNCC2(CC)C(=O)c2cccnc2C(F)(F)F)cc(Cc2cc(S(=O)(=O)NCCCN(CCOCCOCCOCCNC(=O)OC(C)(C)C)CC(=O)O)ccc2[N+](=O)[O-])n1. The van der Waals surface area contributed by atoms with Crippen molar-refractivity contribution >= 4 is 39.2 Å². The van der Waals surface area contributed by atoms with Crippen molar-refractivity contribution in [2.45, 2.75) is 89.2 Å². The van der Waals surface area contributed by atoms with E-state index in [0.717, 1.165) is 30.5 Å². The van der Waals surface area contributed by atoms with Crippen LogP contribution in [0.25, 0.3) is 11.3 Å². The Kier molecular flexibility index (Phi) is 23.8. The number of anilines is 1. The Morgan fingerprint density at radius 3 is 2.28 bits per heavy atom. The van der Waals surface area contributed by atoms with Gasteiger partial charge in [-0.1, -0.05) is 6.92 Å². The van der Waals surface area contributed by atoms with Crippen LogP contribution in [0.15, 0.2) is 71.9 Å². The van der Waals surface area contributed by atoms with E-state index in [2.05, 4.69) is 25.3 Å². The molecule has 1 aromatic carbocycles. The normalized spacial score (nSPS) is 16.0. The maximum Gasteiger partial charge on any atom is 0.434 e. The molecule has 4 aromatic rings. The van der Waals surface area contributed by atoms with Crippen LogP contribution in [-0.2, 0) is 51.1 Å². The van der Waals surface area contributed by atoms with Crippen molar-refractivity contribution in [3.05, 3.63) is 99.6 Å². The minimum absolute atomic E-state index is 0.0292. The van der Waals surface area contributed by atoms with Crippen molar-refractivity contribution in [3.63, 3.8) is 0 Å². The summed E-state index contributed by atoms with van der Waals surface area (Å²) in [5.41, 5.74) is -3.92. The summed E-state index contributed by atoms with van der Waals surface area (Å²) in [4.78, 5) is 65.8. The number of carbonyl (C=O) groups excluding carboxylic acids is 2. The second-order valence-corrected chi connectivity index (χ2v) is 20.7. The van der Waals surface area contributed by atoms with E-state index < -0.39 is 73.3 Å². The van der Waals surface area contributed by atoms with E-state index in [1.807, 2.05) is 0 Å². The summed E-state index contributed by atoms with van der Waals surface area (Å²) >= 11 is 0. The van der Waals surface area contributed by atoms with Crippen LogP contribution in [0.2, 0.25) is 0 Å². The Labute approximate surface area is 457 Å². The Bertz CT molecular complexity index is 2790. The maximum absolute atomic E-state index is 14.9. The number of nitro groups is 1. The van der Waals surface area contributed by atoms with Crippen LogP contribution < -0.4 is 25.0 Å². The lowest BCUT2D eigenvalue weighted by Crippen LogP contribution is -2.70. The van der Waals surface area contributed by atoms with Crippen molar-refractivity contribution in [2.75, 3.05) is 104 Å². The number of alkyl carbamates (subject to hydrolysis) is 1. The fourth-order valence-electron chi connectivity index (χ4n) is 8.65. The number of nitrogens with zero attached hydrogens (tertiary/aromatic N) is 6. The highest BCUT2D eigenvalue weighted by atomic mass is 32.2. The largest absolute Gasteiger partial charge is 0.480 e. The van der Waals surface area contributed by atoms with Gasteiger partial charge in [0.2, 0.25) is 15.9 Å². The van der Waals surface area contributed by atoms with Gasteiger partial charge in [0.15, 0.2) is 11.5 Å². The summed E-state index contributed by atoms with van der Waals surface area (Å²) in [5, 5.41) is 27.9. The number of nitrogens with one attached hydrogen (secondary N) is 3. The van der Waals surface area contributed by atoms with Gasteiger partial charge in [-0.05, 0) is 96.0 Å². The van der Waals surface area contributed by atoms with Gasteiger partial charge in [0.1, 0.15) is 17.4 Å². The molecule has 1 aliphatic rings. The van der Waals surface area contributed by atoms with Crippen molar-refractivity contribution in [1.29, 1.82) is 0 Å². The number of benzene rings is 1. The Morgan fingerprint density at radius 2 is 1.62 bits per heavy atom. The number of carbonyl (C=O) groups is 3. The van der Waals surface area contributed by atoms with Gasteiger partial charge in [0.05, 0.1) is 79.4 Å². The number of aromatic nitrogens is 3. The number of hydrogen-bond acceptors (Lipinski definition) is 19. The van der Waals surface area contributed by atoms with Crippen LogP contribution in [0.4, 0.5) is 29.3 Å². The lowest BCUT2D eigenvalue weighted by molar-refractivity contribution is -0.385. The number of hydrogen-bond donors (Lipinski definition) is 4. The Balaban J connectivity index is 1.33. The molecule has 1 saturated heterocycles. The number of amides is 1. The number of sulfonamides is 1. The summed E-state index contributed by atoms with van der Waals surface area (Å²) in [5.74, 6) is -1.83. The highest BCUT2D eigenvalue weighted by molar-refractivity contribution is 7.89. The predicted molar refractivity (Wildman–Crippen MR) is 282 cm³/mol. The van der Waals surface area contributed by atoms with Crippen LogP contribution in [0, 0.1) is 10.1 Å². The molecular weight excluding hydrogens is 1060 g/mol. The third-order valence-corrected chi connectivity index (χ3v) is 13.5. The van der Waals surface area contributed by atoms with Gasteiger partial charge in [-0.25, -0.2) is 22.9 Å². The molecule has 4 N–H and O–H groups in total. The molecule has 27 heteroatoms. The third-order valence-electron chi connectivity index (χ3n) is 12.1. The molecule has 0 spiro atoms. The van der Waals surface area contributed by atoms with Crippen molar-refractivity contribution in [3.8, 4) is 17.1 Å². The second kappa shape index (κ2) is 29.7. The van der Waals surface area contributed by atoms with E-state index in [-0.39, 0.29) is 151 Å². The monoisotopic (exact) mass is 1130 g/mol. The number of alkyl halides is 3. The molecular formula is C52H70F3N9O14S. The van der Waals surface area contributed by atoms with E-state index in [4.69, 9.17) is 33.4 Å². The molecule has 1 aliphatic heterocycles. The molecule has 0 saturated carbocycles. The fourth-order valence-corrected chi connectivity index (χ4v) is 9.78. The van der Waals surface area contributed by atoms with Gasteiger partial charge in [-0.2, -0.15) is 13.2 Å². The molecule has 1 fully saturated rings. The van der Waals surface area contributed by atoms with Crippen molar-refractivity contribution in [1.82, 2.24) is 35.2 Å². The van der Waals surface area contributed by atoms with Gasteiger partial charge in [-0.15, -0.1) is 0 Å². The van der Waals surface area contributed by atoms with Gasteiger partial charge in [0, 0.05) is 87.7 Å². The van der Waals surface area contributed by atoms with Crippen molar-refractivity contribution in [2.24, 2.45) is 0 Å². The zero-order chi connectivity index (χ0) is 57.8. The molecule has 0 bridgehead atoms. The number of rotatable bonds is 32. The Hall–Kier alpha value is -6.46. The molecule has 23 nitrogen and oxygen atoms in total. The zero-order valence-corrected chi connectivity index (χ0v) is 46.0. The molecule has 2 unspecified atom stereocenters. The van der Waals surface area contributed by atoms with Gasteiger partial charge in [-0.3, -0.25) is 34.6 Å². The van der Waals surface area contributed by atoms with E-state index in [9.17, 15) is 51.2 Å². The standard InChI is InChI=1S/C52H70F3N9O14S/c1-7-51(47(67)41-14-11-17-57-46(41)52(53,54)55)35-56-33-44(76-8-2)63(51)38-31-37(61-42(32-38)40-13-10-18-58-48(40)77-9-3)29-36-30-39(15-16-43(36)64(69)70)79(71,72)60-19-12-21-62(34-45(65)66)22-24-74-26-28-75-27-25-73-23-20-59-49(68)78-50(4,5)6/h10-11,13-18,30-32,44,56,60H,7-9,12,19-29,33-35H2,1-6H3,(H,59,68)(H,65,66). The molecule has 79 heavy (non-hydrogen) atoms. The molecule has 0 aliphatic carbocycles. The Morgan fingerprint density at radius 1 is 0.924 bits per heavy atom. The van der Waals surface area contributed by atoms with Crippen LogP contribution in [0.5, 0.6) is 5.88 Å². The first kappa shape index (κ1) is 63.4. The number of pyridine rings is 3. The smallest absolute Gasteiger partial charge is 0.434 e. The molecule has 4 heterocycles. The van der Waals surface area contributed by atoms with E-state index in [1.165, 1.54) is 18.3 Å². The average molecular weight is 1130 g/mol. The summed E-state index contributed by atoms with van der Waals surface area (Å²) in [6.07, 6.45) is -4.22. The quantitative estimate of drug-likeness (QED) is 0.0192. The van der Waals surface area contributed by atoms with Gasteiger partial charge in [0.25, 0.3) is 5.69 Å². The number of carboxylic acid groups (broad SMARTS) is 1. The van der Waals surface area contributed by atoms with Crippen LogP contribution in [0.3, 0.4) is 0 Å². The van der Waals surface area contributed by atoms with E-state index in [0.29, 0.717) is 5.56 Å². The molecule has 2 atom stereocenters. The first-order valence-electron chi connectivity index (χ1n) is 25.7. The van der Waals surface area contributed by atoms with Crippen LogP contribution in [-0.4, -0.2) is 172 Å². The number of halogens is 3. The molecule has 5 rings (SSSR count). The summed E-state index contributed by atoms with van der Waals surface area (Å²) < 4.78 is 107. The van der Waals surface area contributed by atoms with Crippen molar-refractivity contribution < 1.29 is 74.4 Å². The number of ether oxygens (including phenoxy) is 6. The average Bonchev–Trinajstić information content (AvgIpc) is 3.48. The molecule has 434 valence electrons. The molecule has 1 amide bonds. The second-order valence-electron chi connectivity index (χ2n) is 18.9. The number of Topliss-reactive ketones (excluding diaryl/α,β-unsaturated/α-hetero) is 1. The van der Waals surface area contributed by atoms with Gasteiger partial charge >= 0.3 is 18.2 Å². The van der Waals surface area contributed by atoms with E-state index in [1.54, 1.807) is 69.5 Å². The van der Waals surface area contributed by atoms with Crippen LogP contribution in [0.1, 0.15) is 81.7 Å². The minimum Gasteiger partial charge on any atom is -0.480 e. The maximum atomic E-state index is 14.9. The van der Waals surface area contributed by atoms with E-state index >= 15 is 0 Å². The highest BCUT2D eigenvalue weighted by Gasteiger charge is 2.51. The molecule has 3 aromatic heterocycles. The topological polar surface area (TPSA) is 285 Å². The number of ketones is 1. The van der Waals surface area contributed by atoms with Crippen LogP contribution >= 0.6 is 0 Å². The number of aliphatic carboxylic acids is 1. The fraction of sp³-hybridized carbons (Fsp3) is 0.538. The number of piperazine rings is 1. The first-order chi connectivity index (χ1) is 37.5. The highest BCUT2D eigenvalue weighted by Crippen LogP contribution is 2.41. The van der Waals surface area contributed by atoms with Gasteiger partial charge < -0.3 is 49.1 Å². The third kappa shape index (κ3) is 18.6.